The number of nitrogens with two attached hydrogens (primary N) is 1. The van der Waals surface area contributed by atoms with Gasteiger partial charge in [0.25, 0.3) is 5.69 Å². The number of carbonyl (C=O) groups excluding carboxylic acids is 1. The van der Waals surface area contributed by atoms with Gasteiger partial charge in [-0.2, -0.15) is 0 Å². The molecule has 0 bridgehead atoms. The van der Waals surface area contributed by atoms with Gasteiger partial charge >= 0.3 is 13.0 Å². The zero-order valence-electron chi connectivity index (χ0n) is 18.2. The summed E-state index contributed by atoms with van der Waals surface area (Å²) >= 11 is 0. The van der Waals surface area contributed by atoms with E-state index < -0.39 is 22.5 Å². The van der Waals surface area contributed by atoms with E-state index in [4.69, 9.17) is 10.5 Å². The number of rotatable bonds is 5. The van der Waals surface area contributed by atoms with Gasteiger partial charge in [0.05, 0.1) is 4.92 Å². The fourth-order valence-corrected chi connectivity index (χ4v) is 3.90. The Hall–Kier alpha value is -3.59. The number of hydrogen-bond acceptors (Lipinski definition) is 7. The molecule has 0 fully saturated rings. The molecule has 1 atom stereocenters. The number of nitro benzene ring substituents is 1. The van der Waals surface area contributed by atoms with E-state index in [2.05, 4.69) is 10.5 Å². The van der Waals surface area contributed by atoms with E-state index in [1.807, 2.05) is 42.5 Å². The lowest BCUT2D eigenvalue weighted by Gasteiger charge is -2.27. The van der Waals surface area contributed by atoms with E-state index in [9.17, 15) is 14.9 Å². The third kappa shape index (κ3) is 4.38. The van der Waals surface area contributed by atoms with Crippen LogP contribution >= 0.6 is 0 Å². The largest absolute Gasteiger partial charge is 0.459 e. The Balaban J connectivity index is 1.60. The van der Waals surface area contributed by atoms with Gasteiger partial charge in [0.2, 0.25) is 0 Å². The second-order valence-electron chi connectivity index (χ2n) is 8.92. The topological polar surface area (TPSA) is 120 Å². The van der Waals surface area contributed by atoms with Gasteiger partial charge in [0, 0.05) is 34.8 Å². The summed E-state index contributed by atoms with van der Waals surface area (Å²) in [5.74, 6) is -0.587. The van der Waals surface area contributed by atoms with Crippen molar-refractivity contribution in [3.63, 3.8) is 0 Å². The zero-order valence-corrected chi connectivity index (χ0v) is 18.2. The molecular weight excluding hydrogens is 407 g/mol. The van der Waals surface area contributed by atoms with E-state index >= 15 is 0 Å². The normalized spacial score (nSPS) is 13.8. The highest BCUT2D eigenvalue weighted by molar-refractivity contribution is 6.80. The number of nitro groups is 1. The van der Waals surface area contributed by atoms with E-state index in [1.165, 1.54) is 6.07 Å². The zero-order chi connectivity index (χ0) is 23.0. The maximum atomic E-state index is 12.2. The average Bonchev–Trinajstić information content (AvgIpc) is 2.73. The molecule has 4 rings (SSSR count). The van der Waals surface area contributed by atoms with Gasteiger partial charge in [0.15, 0.2) is 0 Å². The molecule has 0 aliphatic carbocycles. The molecule has 0 saturated carbocycles. The molecule has 32 heavy (non-hydrogen) atoms. The van der Waals surface area contributed by atoms with Crippen LogP contribution in [-0.4, -0.2) is 29.5 Å². The minimum Gasteiger partial charge on any atom is -0.459 e. The predicted octanol–water partition coefficient (Wildman–Crippen LogP) is 3.19. The highest BCUT2D eigenvalue weighted by atomic mass is 16.6. The summed E-state index contributed by atoms with van der Waals surface area (Å²) in [6, 6.07) is 16.0. The predicted molar refractivity (Wildman–Crippen MR) is 127 cm³/mol. The summed E-state index contributed by atoms with van der Waals surface area (Å²) in [6.07, 6.45) is 0.0131. The standard InChI is InChI=1S/C23H25BN4O4/c1-23(2,3)32-22(29)17(25)12-15-10-11-16(13-20(15)28(30)31)24-26-18-8-4-6-14-7-5-9-19(27-24)21(14)18/h4-11,13,17,26-27H,12,25H2,1-3H3/t17-/m0/s1. The second-order valence-corrected chi connectivity index (χ2v) is 8.92. The van der Waals surface area contributed by atoms with Gasteiger partial charge in [-0.25, -0.2) is 0 Å². The first-order valence-electron chi connectivity index (χ1n) is 10.4. The highest BCUT2D eigenvalue weighted by Crippen LogP contribution is 2.34. The average molecular weight is 432 g/mol. The lowest BCUT2D eigenvalue weighted by molar-refractivity contribution is -0.385. The minimum absolute atomic E-state index is 0.0131. The van der Waals surface area contributed by atoms with Crippen LogP contribution in [0.2, 0.25) is 0 Å². The van der Waals surface area contributed by atoms with E-state index in [0.717, 1.165) is 22.1 Å². The molecule has 1 aliphatic rings. The Bertz CT molecular complexity index is 1170. The second kappa shape index (κ2) is 8.16. The van der Waals surface area contributed by atoms with Gasteiger partial charge < -0.3 is 20.9 Å². The van der Waals surface area contributed by atoms with Crippen LogP contribution in [0.5, 0.6) is 0 Å². The first-order valence-corrected chi connectivity index (χ1v) is 10.4. The molecule has 9 heteroatoms. The molecule has 4 N–H and O–H groups in total. The molecule has 0 saturated heterocycles. The first-order chi connectivity index (χ1) is 15.1. The van der Waals surface area contributed by atoms with Gasteiger partial charge in [-0.15, -0.1) is 0 Å². The summed E-state index contributed by atoms with van der Waals surface area (Å²) in [5.41, 5.74) is 8.23. The summed E-state index contributed by atoms with van der Waals surface area (Å²) in [4.78, 5) is 23.6. The van der Waals surface area contributed by atoms with Crippen LogP contribution in [0.15, 0.2) is 54.6 Å². The maximum Gasteiger partial charge on any atom is 0.406 e. The van der Waals surface area contributed by atoms with Crippen LogP contribution in [-0.2, 0) is 16.0 Å². The van der Waals surface area contributed by atoms with Crippen molar-refractivity contribution in [3.05, 3.63) is 70.3 Å². The summed E-state index contributed by atoms with van der Waals surface area (Å²) in [5, 5.41) is 20.8. The molecule has 0 aromatic heterocycles. The summed E-state index contributed by atoms with van der Waals surface area (Å²) in [7, 11) is 0. The molecule has 3 aromatic rings. The molecule has 164 valence electrons. The Kier molecular flexibility index (Phi) is 5.52. The van der Waals surface area contributed by atoms with Gasteiger partial charge in [0.1, 0.15) is 11.6 Å². The minimum atomic E-state index is -0.991. The maximum absolute atomic E-state index is 12.2. The third-order valence-electron chi connectivity index (χ3n) is 5.29. The van der Waals surface area contributed by atoms with Crippen molar-refractivity contribution in [2.45, 2.75) is 38.8 Å². The fraction of sp³-hybridized carbons (Fsp3) is 0.261. The number of hydrogen-bond donors (Lipinski definition) is 3. The molecule has 1 heterocycles. The molecule has 0 spiro atoms. The first kappa shape index (κ1) is 21.6. The van der Waals surface area contributed by atoms with Crippen LogP contribution in [0.4, 0.5) is 17.1 Å². The van der Waals surface area contributed by atoms with Crippen molar-refractivity contribution in [1.82, 2.24) is 0 Å². The molecule has 0 amide bonds. The van der Waals surface area contributed by atoms with Gasteiger partial charge in [-0.1, -0.05) is 36.4 Å². The molecule has 0 unspecified atom stereocenters. The van der Waals surface area contributed by atoms with Crippen molar-refractivity contribution in [1.29, 1.82) is 0 Å². The quantitative estimate of drug-likeness (QED) is 0.245. The number of anilines is 2. The lowest BCUT2D eigenvalue weighted by Crippen LogP contribution is -2.48. The summed E-state index contributed by atoms with van der Waals surface area (Å²) < 4.78 is 5.30. The van der Waals surface area contributed by atoms with Crippen LogP contribution < -0.4 is 21.7 Å². The van der Waals surface area contributed by atoms with E-state index in [-0.39, 0.29) is 19.1 Å². The molecule has 0 radical (unpaired) electrons. The Morgan fingerprint density at radius 1 is 1.12 bits per heavy atom. The van der Waals surface area contributed by atoms with Gasteiger partial charge in [-0.05, 0) is 43.8 Å². The van der Waals surface area contributed by atoms with Crippen LogP contribution in [0.25, 0.3) is 10.8 Å². The van der Waals surface area contributed by atoms with Crippen molar-refractivity contribution in [3.8, 4) is 0 Å². The number of carbonyl (C=O) groups is 1. The Morgan fingerprint density at radius 3 is 2.31 bits per heavy atom. The SMILES string of the molecule is CC(C)(C)OC(=O)[C@@H](N)Cc1ccc(B2Nc3cccc4cccc(c34)N2)cc1[N+](=O)[O-]. The summed E-state index contributed by atoms with van der Waals surface area (Å²) in [6.45, 7) is 4.90. The number of nitrogens with one attached hydrogen (secondary N) is 2. The number of esters is 1. The molecular formula is C23H25BN4O4. The van der Waals surface area contributed by atoms with Crippen LogP contribution in [0.3, 0.4) is 0 Å². The Labute approximate surface area is 186 Å². The Morgan fingerprint density at radius 2 is 1.75 bits per heavy atom. The van der Waals surface area contributed by atoms with E-state index in [0.29, 0.717) is 11.0 Å². The van der Waals surface area contributed by atoms with Crippen LogP contribution in [0, 0.1) is 10.1 Å². The number of nitrogens with zero attached hydrogens (tertiary/aromatic N) is 1. The van der Waals surface area contributed by atoms with Crippen LogP contribution in [0.1, 0.15) is 26.3 Å². The molecule has 1 aliphatic heterocycles. The molecule has 3 aromatic carbocycles. The fourth-order valence-electron chi connectivity index (χ4n) is 3.90. The van der Waals surface area contributed by atoms with Crippen molar-refractivity contribution in [2.24, 2.45) is 5.73 Å². The third-order valence-corrected chi connectivity index (χ3v) is 5.29. The van der Waals surface area contributed by atoms with Crippen molar-refractivity contribution < 1.29 is 14.5 Å². The van der Waals surface area contributed by atoms with E-state index in [1.54, 1.807) is 26.8 Å². The monoisotopic (exact) mass is 432 g/mol. The number of ether oxygens (including phenoxy) is 1. The van der Waals surface area contributed by atoms with Gasteiger partial charge in [-0.3, -0.25) is 14.9 Å². The lowest BCUT2D eigenvalue weighted by atomic mass is 9.65. The van der Waals surface area contributed by atoms with Crippen molar-refractivity contribution >= 4 is 46.2 Å². The molecule has 8 nitrogen and oxygen atoms in total. The highest BCUT2D eigenvalue weighted by Gasteiger charge is 2.29. The number of benzene rings is 3. The van der Waals surface area contributed by atoms with Crippen molar-refractivity contribution in [2.75, 3.05) is 10.5 Å². The smallest absolute Gasteiger partial charge is 0.406 e.